The molecule has 0 N–H and O–H groups in total. The fraction of sp³-hybridized carbons (Fsp3) is 1.00. The summed E-state index contributed by atoms with van der Waals surface area (Å²) in [4.78, 5) is 0. The maximum Gasteiger partial charge on any atom is 0.150 e. The second-order valence-corrected chi connectivity index (χ2v) is 13.1. The van der Waals surface area contributed by atoms with Crippen LogP contribution in [0.25, 0.3) is 0 Å². The lowest BCUT2D eigenvalue weighted by molar-refractivity contribution is 0.573. The third-order valence-corrected chi connectivity index (χ3v) is 5.58. The molecule has 0 aromatic heterocycles. The Labute approximate surface area is 116 Å². The monoisotopic (exact) mass is 326 g/mol. The van der Waals surface area contributed by atoms with Gasteiger partial charge in [-0.05, 0) is 12.5 Å². The normalized spacial score (nSPS) is 12.0. The molecule has 3 heteroatoms. The van der Waals surface area contributed by atoms with Crippen molar-refractivity contribution in [1.82, 2.24) is 0 Å². The number of unbranched alkanes of at least 4 members (excludes halogenated alkanes) is 8. The molecule has 16 heavy (non-hydrogen) atoms. The highest BCUT2D eigenvalue weighted by atomic mass is 79.9. The molecular formula is C13H28BrClSi. The van der Waals surface area contributed by atoms with Crippen molar-refractivity contribution in [2.45, 2.75) is 76.9 Å². The Morgan fingerprint density at radius 2 is 1.12 bits per heavy atom. The molecule has 0 atom stereocenters. The first-order chi connectivity index (χ1) is 7.56. The van der Waals surface area contributed by atoms with Crippen LogP contribution >= 0.6 is 27.0 Å². The Morgan fingerprint density at radius 3 is 1.50 bits per heavy atom. The van der Waals surface area contributed by atoms with Gasteiger partial charge in [0.2, 0.25) is 0 Å². The lowest BCUT2D eigenvalue weighted by Crippen LogP contribution is -2.14. The van der Waals surface area contributed by atoms with E-state index in [-0.39, 0.29) is 0 Å². The highest BCUT2D eigenvalue weighted by Crippen LogP contribution is 2.19. The second-order valence-electron chi connectivity index (χ2n) is 5.34. The minimum Gasteiger partial charge on any atom is -0.168 e. The van der Waals surface area contributed by atoms with Crippen molar-refractivity contribution >= 4 is 34.4 Å². The third kappa shape index (κ3) is 15.0. The van der Waals surface area contributed by atoms with Crippen molar-refractivity contribution in [3.63, 3.8) is 0 Å². The van der Waals surface area contributed by atoms with Gasteiger partial charge in [0.05, 0.1) is 0 Å². The lowest BCUT2D eigenvalue weighted by atomic mass is 10.1. The van der Waals surface area contributed by atoms with Crippen molar-refractivity contribution < 1.29 is 0 Å². The van der Waals surface area contributed by atoms with Crippen LogP contribution in [0.5, 0.6) is 0 Å². The maximum absolute atomic E-state index is 6.28. The first kappa shape index (κ1) is 17.0. The Balaban J connectivity index is 2.99. The van der Waals surface area contributed by atoms with Crippen molar-refractivity contribution in [3.05, 3.63) is 0 Å². The average molecular weight is 328 g/mol. The predicted molar refractivity (Wildman–Crippen MR) is 83.5 cm³/mol. The summed E-state index contributed by atoms with van der Waals surface area (Å²) in [5.74, 6) is 0. The van der Waals surface area contributed by atoms with E-state index < -0.39 is 7.38 Å². The van der Waals surface area contributed by atoms with Crippen molar-refractivity contribution in [1.29, 1.82) is 0 Å². The molecule has 0 aliphatic rings. The van der Waals surface area contributed by atoms with Crippen LogP contribution < -0.4 is 0 Å². The van der Waals surface area contributed by atoms with Crippen LogP contribution in [0.2, 0.25) is 19.1 Å². The van der Waals surface area contributed by atoms with E-state index in [1.165, 1.54) is 69.2 Å². The van der Waals surface area contributed by atoms with Gasteiger partial charge < -0.3 is 0 Å². The summed E-state index contributed by atoms with van der Waals surface area (Å²) >= 11 is 9.75. The largest absolute Gasteiger partial charge is 0.168 e. The van der Waals surface area contributed by atoms with E-state index in [0.717, 1.165) is 0 Å². The molecule has 0 amide bonds. The Hall–Kier alpha value is 0.987. The van der Waals surface area contributed by atoms with E-state index in [1.54, 1.807) is 0 Å². The van der Waals surface area contributed by atoms with E-state index >= 15 is 0 Å². The minimum absolute atomic E-state index is 1.17. The average Bonchev–Trinajstić information content (AvgIpc) is 2.19. The molecule has 0 heterocycles. The number of alkyl halides is 1. The quantitative estimate of drug-likeness (QED) is 0.180. The van der Waals surface area contributed by atoms with Gasteiger partial charge in [0.25, 0.3) is 0 Å². The second kappa shape index (κ2) is 11.1. The highest BCUT2D eigenvalue weighted by molar-refractivity contribution is 9.09. The molecular weight excluding hydrogens is 300 g/mol. The molecule has 0 saturated carbocycles. The smallest absolute Gasteiger partial charge is 0.150 e. The van der Waals surface area contributed by atoms with Gasteiger partial charge in [0.15, 0.2) is 0 Å². The summed E-state index contributed by atoms with van der Waals surface area (Å²) < 4.78 is 0. The van der Waals surface area contributed by atoms with Crippen molar-refractivity contribution in [2.75, 3.05) is 5.33 Å². The third-order valence-electron chi connectivity index (χ3n) is 2.90. The standard InChI is InChI=1S/C13H28BrClSi/c1-16(2,15)13-11-9-7-5-3-4-6-8-10-12-14/h3-13H2,1-2H3. The zero-order chi connectivity index (χ0) is 12.3. The molecule has 0 aromatic carbocycles. The summed E-state index contributed by atoms with van der Waals surface area (Å²) in [7, 11) is -1.28. The van der Waals surface area contributed by atoms with Gasteiger partial charge in [-0.1, -0.05) is 80.4 Å². The number of rotatable bonds is 11. The molecule has 0 bridgehead atoms. The molecule has 98 valence electrons. The molecule has 0 nitrogen and oxygen atoms in total. The van der Waals surface area contributed by atoms with E-state index in [4.69, 9.17) is 11.1 Å². The van der Waals surface area contributed by atoms with E-state index in [9.17, 15) is 0 Å². The van der Waals surface area contributed by atoms with Crippen LogP contribution in [0.15, 0.2) is 0 Å². The molecule has 0 fully saturated rings. The molecule has 0 aliphatic heterocycles. The first-order valence-corrected chi connectivity index (χ1v) is 12.2. The topological polar surface area (TPSA) is 0 Å². The Kier molecular flexibility index (Phi) is 11.8. The Bertz CT molecular complexity index is 145. The molecule has 0 radical (unpaired) electrons. The molecule has 0 spiro atoms. The number of halogens is 2. The molecule has 0 unspecified atom stereocenters. The zero-order valence-corrected chi connectivity index (χ0v) is 14.4. The van der Waals surface area contributed by atoms with Crippen LogP contribution in [0.3, 0.4) is 0 Å². The Morgan fingerprint density at radius 1 is 0.750 bits per heavy atom. The van der Waals surface area contributed by atoms with Crippen molar-refractivity contribution in [3.8, 4) is 0 Å². The van der Waals surface area contributed by atoms with Crippen LogP contribution in [0, 0.1) is 0 Å². The maximum atomic E-state index is 6.28. The van der Waals surface area contributed by atoms with Gasteiger partial charge in [0, 0.05) is 5.33 Å². The summed E-state index contributed by atoms with van der Waals surface area (Å²) in [6, 6.07) is 1.29. The highest BCUT2D eigenvalue weighted by Gasteiger charge is 2.15. The molecule has 0 rings (SSSR count). The summed E-state index contributed by atoms with van der Waals surface area (Å²) in [6.45, 7) is 4.50. The summed E-state index contributed by atoms with van der Waals surface area (Å²) in [5, 5.41) is 1.17. The molecule has 0 saturated heterocycles. The van der Waals surface area contributed by atoms with Gasteiger partial charge in [-0.2, -0.15) is 11.1 Å². The first-order valence-electron chi connectivity index (χ1n) is 6.81. The molecule has 0 aromatic rings. The van der Waals surface area contributed by atoms with Crippen LogP contribution in [-0.4, -0.2) is 12.7 Å². The van der Waals surface area contributed by atoms with Gasteiger partial charge in [0.1, 0.15) is 7.38 Å². The van der Waals surface area contributed by atoms with Gasteiger partial charge in [-0.15, -0.1) is 0 Å². The summed E-state index contributed by atoms with van der Waals surface area (Å²) in [5.41, 5.74) is 0. The lowest BCUT2D eigenvalue weighted by Gasteiger charge is -2.11. The summed E-state index contributed by atoms with van der Waals surface area (Å²) in [6.07, 6.45) is 12.6. The van der Waals surface area contributed by atoms with E-state index in [2.05, 4.69) is 29.0 Å². The van der Waals surface area contributed by atoms with Crippen molar-refractivity contribution in [2.24, 2.45) is 0 Å². The zero-order valence-electron chi connectivity index (χ0n) is 11.0. The van der Waals surface area contributed by atoms with Gasteiger partial charge >= 0.3 is 0 Å². The van der Waals surface area contributed by atoms with Gasteiger partial charge in [-0.25, -0.2) is 0 Å². The SMILES string of the molecule is C[Si](C)(Cl)CCCCCCCCCCCBr. The molecule has 0 aliphatic carbocycles. The van der Waals surface area contributed by atoms with Crippen LogP contribution in [0.1, 0.15) is 57.8 Å². The van der Waals surface area contributed by atoms with E-state index in [1.807, 2.05) is 0 Å². The van der Waals surface area contributed by atoms with Gasteiger partial charge in [-0.3, -0.25) is 0 Å². The predicted octanol–water partition coefficient (Wildman–Crippen LogP) is 6.34. The number of hydrogen-bond acceptors (Lipinski definition) is 0. The number of hydrogen-bond donors (Lipinski definition) is 0. The fourth-order valence-electron chi connectivity index (χ4n) is 1.88. The van der Waals surface area contributed by atoms with Crippen LogP contribution in [0.4, 0.5) is 0 Å². The fourth-order valence-corrected chi connectivity index (χ4v) is 3.77. The minimum atomic E-state index is -1.28. The van der Waals surface area contributed by atoms with E-state index in [0.29, 0.717) is 0 Å². The van der Waals surface area contributed by atoms with Crippen LogP contribution in [-0.2, 0) is 0 Å².